The summed E-state index contributed by atoms with van der Waals surface area (Å²) < 4.78 is 51.6. The lowest BCUT2D eigenvalue weighted by Gasteiger charge is -2.17. The van der Waals surface area contributed by atoms with E-state index in [-0.39, 0.29) is 45.3 Å². The normalized spacial score (nSPS) is 27.3. The molecule has 14 heteroatoms. The Labute approximate surface area is 180 Å². The summed E-state index contributed by atoms with van der Waals surface area (Å²) in [5, 5.41) is 2.97. The molecule has 0 saturated carbocycles. The average Bonchev–Trinajstić information content (AvgIpc) is 3.38. The summed E-state index contributed by atoms with van der Waals surface area (Å²) in [6, 6.07) is 0. The van der Waals surface area contributed by atoms with Crippen LogP contribution in [0.3, 0.4) is 0 Å². The van der Waals surface area contributed by atoms with E-state index in [2.05, 4.69) is 19.8 Å². The van der Waals surface area contributed by atoms with E-state index >= 15 is 0 Å². The molecule has 1 aromatic rings. The number of aromatic nitrogens is 2. The molecule has 1 aromatic heterocycles. The number of rotatable bonds is 11. The molecule has 6 atom stereocenters. The largest absolute Gasteiger partial charge is 0.694 e. The minimum atomic E-state index is -2.63. The molecule has 0 bridgehead atoms. The van der Waals surface area contributed by atoms with Crippen LogP contribution in [0.5, 0.6) is 0 Å². The third-order valence-electron chi connectivity index (χ3n) is 4.71. The van der Waals surface area contributed by atoms with Gasteiger partial charge in [-0.2, -0.15) is 0 Å². The molecule has 0 amide bonds. The molecule has 0 aromatic carbocycles. The highest BCUT2D eigenvalue weighted by Gasteiger charge is 2.30. The van der Waals surface area contributed by atoms with Gasteiger partial charge in [-0.05, 0) is 19.8 Å². The van der Waals surface area contributed by atoms with E-state index in [1.54, 1.807) is 0 Å². The maximum atomic E-state index is 14.0. The van der Waals surface area contributed by atoms with E-state index in [0.29, 0.717) is 26.1 Å². The Bertz CT molecular complexity index is 842. The molecule has 2 fully saturated rings. The van der Waals surface area contributed by atoms with Crippen LogP contribution in [-0.4, -0.2) is 59.2 Å². The van der Waals surface area contributed by atoms with Crippen molar-refractivity contribution in [3.05, 3.63) is 28.3 Å². The fourth-order valence-electron chi connectivity index (χ4n) is 3.21. The fourth-order valence-corrected chi connectivity index (χ4v) is 4.13. The van der Waals surface area contributed by atoms with Gasteiger partial charge in [0.1, 0.15) is 30.0 Å². The number of ether oxygens (including phenoxy) is 2. The van der Waals surface area contributed by atoms with Crippen molar-refractivity contribution in [2.75, 3.05) is 25.1 Å². The number of aromatic amines is 1. The predicted molar refractivity (Wildman–Crippen MR) is 110 cm³/mol. The van der Waals surface area contributed by atoms with E-state index in [0.717, 1.165) is 6.42 Å². The Balaban J connectivity index is 1.36. The van der Waals surface area contributed by atoms with Crippen molar-refractivity contribution in [3.8, 4) is 0 Å². The van der Waals surface area contributed by atoms with Crippen molar-refractivity contribution >= 4 is 28.9 Å². The molecule has 172 valence electrons. The van der Waals surface area contributed by atoms with Gasteiger partial charge in [0.2, 0.25) is 0 Å². The van der Waals surface area contributed by atoms with Crippen molar-refractivity contribution in [2.45, 2.75) is 50.7 Å². The molecule has 2 saturated heterocycles. The second-order valence-corrected chi connectivity index (χ2v) is 8.34. The molecule has 0 spiro atoms. The number of allylic oxidation sites excluding steroid dienone is 1. The summed E-state index contributed by atoms with van der Waals surface area (Å²) in [6.07, 6.45) is 3.30. The monoisotopic (exact) mass is 480 g/mol. The van der Waals surface area contributed by atoms with E-state index in [4.69, 9.17) is 23.4 Å². The molecule has 0 aliphatic carbocycles. The standard InChI is InChI=1S/C17H24FN3O8P2/c1-2-13(18)15-16(19-9-20-17(15)22)21-14-4-3-10(28-14)7-26-30-29-12-5-11(25-6-12)8-27-31(23)24/h2,9-12,14,30H,3-8H2,1H3,(H2-,19,20,21,22,23,24)/p+1/b13-2+/t10-,11?,12+,14+/m0/s1. The topological polar surface area (TPSA) is 141 Å². The third kappa shape index (κ3) is 7.34. The van der Waals surface area contributed by atoms with Crippen LogP contribution in [-0.2, 0) is 27.6 Å². The van der Waals surface area contributed by atoms with Crippen molar-refractivity contribution in [1.29, 1.82) is 0 Å². The van der Waals surface area contributed by atoms with Crippen LogP contribution >= 0.6 is 17.3 Å². The summed E-state index contributed by atoms with van der Waals surface area (Å²) in [6.45, 7) is 2.23. The van der Waals surface area contributed by atoms with Crippen LogP contribution in [0.1, 0.15) is 31.7 Å². The predicted octanol–water partition coefficient (Wildman–Crippen LogP) is 2.38. The molecule has 2 aliphatic rings. The van der Waals surface area contributed by atoms with Crippen LogP contribution in [0.2, 0.25) is 0 Å². The highest BCUT2D eigenvalue weighted by molar-refractivity contribution is 7.32. The van der Waals surface area contributed by atoms with Crippen LogP contribution < -0.4 is 10.9 Å². The van der Waals surface area contributed by atoms with Crippen LogP contribution in [0.25, 0.3) is 5.83 Å². The van der Waals surface area contributed by atoms with Gasteiger partial charge in [-0.15, -0.1) is 9.42 Å². The molecule has 31 heavy (non-hydrogen) atoms. The lowest BCUT2D eigenvalue weighted by atomic mass is 10.2. The maximum Gasteiger partial charge on any atom is 0.694 e. The number of H-pyrrole nitrogens is 1. The SMILES string of the molecule is C/C=C(/F)c1c(N[C@H]2CC[C@@H](COPO[C@H]3COC(CO[P+](=O)O)C3)O2)nc[nH]c1=O. The van der Waals surface area contributed by atoms with Gasteiger partial charge in [-0.1, -0.05) is 6.08 Å². The summed E-state index contributed by atoms with van der Waals surface area (Å²) in [4.78, 5) is 26.9. The first-order chi connectivity index (χ1) is 15.0. The Morgan fingerprint density at radius 3 is 3.10 bits per heavy atom. The summed E-state index contributed by atoms with van der Waals surface area (Å²) >= 11 is 0. The Morgan fingerprint density at radius 2 is 2.32 bits per heavy atom. The number of nitrogens with zero attached hydrogens (tertiary/aromatic N) is 1. The van der Waals surface area contributed by atoms with E-state index in [1.807, 2.05) is 0 Å². The molecule has 3 N–H and O–H groups in total. The van der Waals surface area contributed by atoms with Crippen molar-refractivity contribution in [2.24, 2.45) is 0 Å². The van der Waals surface area contributed by atoms with Crippen LogP contribution in [0.4, 0.5) is 10.2 Å². The Morgan fingerprint density at radius 1 is 1.48 bits per heavy atom. The van der Waals surface area contributed by atoms with Gasteiger partial charge in [0.25, 0.3) is 5.56 Å². The first kappa shape index (κ1) is 24.3. The first-order valence-electron chi connectivity index (χ1n) is 9.71. The number of hydrogen-bond donors (Lipinski definition) is 3. The van der Waals surface area contributed by atoms with Crippen LogP contribution in [0.15, 0.2) is 17.2 Å². The molecular formula is C17H25FN3O8P2+. The van der Waals surface area contributed by atoms with Gasteiger partial charge in [0.05, 0.1) is 37.9 Å². The summed E-state index contributed by atoms with van der Waals surface area (Å²) in [5.74, 6) is -0.537. The lowest BCUT2D eigenvalue weighted by molar-refractivity contribution is 0.0286. The lowest BCUT2D eigenvalue weighted by Crippen LogP contribution is -2.25. The fraction of sp³-hybridized carbons (Fsp3) is 0.647. The third-order valence-corrected chi connectivity index (χ3v) is 5.79. The molecule has 3 heterocycles. The van der Waals surface area contributed by atoms with Crippen LogP contribution in [0, 0.1) is 0 Å². The van der Waals surface area contributed by atoms with Gasteiger partial charge in [-0.25, -0.2) is 9.37 Å². The molecule has 11 nitrogen and oxygen atoms in total. The zero-order chi connectivity index (χ0) is 22.2. The second-order valence-electron chi connectivity index (χ2n) is 6.92. The number of hydrogen-bond acceptors (Lipinski definition) is 9. The minimum Gasteiger partial charge on any atom is -0.373 e. The zero-order valence-corrected chi connectivity index (χ0v) is 18.7. The van der Waals surface area contributed by atoms with Gasteiger partial charge < -0.3 is 28.8 Å². The van der Waals surface area contributed by atoms with Crippen molar-refractivity contribution in [1.82, 2.24) is 9.97 Å². The number of nitrogens with one attached hydrogen (secondary N) is 2. The zero-order valence-electron chi connectivity index (χ0n) is 16.8. The highest BCUT2D eigenvalue weighted by atomic mass is 31.1. The first-order valence-corrected chi connectivity index (χ1v) is 11.7. The van der Waals surface area contributed by atoms with Gasteiger partial charge >= 0.3 is 8.25 Å². The molecule has 3 unspecified atom stereocenters. The average molecular weight is 480 g/mol. The molecule has 0 radical (unpaired) electrons. The molecule has 2 aliphatic heterocycles. The van der Waals surface area contributed by atoms with Gasteiger partial charge in [0.15, 0.2) is 9.03 Å². The maximum absolute atomic E-state index is 14.0. The van der Waals surface area contributed by atoms with Gasteiger partial charge in [0, 0.05) is 11.0 Å². The molecular weight excluding hydrogens is 455 g/mol. The Kier molecular flexibility index (Phi) is 9.43. The van der Waals surface area contributed by atoms with E-state index < -0.39 is 25.9 Å². The highest BCUT2D eigenvalue weighted by Crippen LogP contribution is 2.29. The summed E-state index contributed by atoms with van der Waals surface area (Å²) in [5.41, 5.74) is -0.726. The second kappa shape index (κ2) is 12.0. The van der Waals surface area contributed by atoms with Crippen molar-refractivity contribution < 1.29 is 36.9 Å². The number of halogens is 1. The van der Waals surface area contributed by atoms with Crippen molar-refractivity contribution in [3.63, 3.8) is 0 Å². The Hall–Kier alpha value is -1.36. The number of anilines is 1. The minimum absolute atomic E-state index is 0.0433. The molecule has 3 rings (SSSR count). The quantitative estimate of drug-likeness (QED) is 0.319. The van der Waals surface area contributed by atoms with Gasteiger partial charge in [-0.3, -0.25) is 4.79 Å². The smallest absolute Gasteiger partial charge is 0.373 e. The summed E-state index contributed by atoms with van der Waals surface area (Å²) in [7, 11) is -2.84. The van der Waals surface area contributed by atoms with E-state index in [1.165, 1.54) is 19.3 Å². The van der Waals surface area contributed by atoms with E-state index in [9.17, 15) is 13.8 Å².